The molecule has 0 aliphatic carbocycles. The monoisotopic (exact) mass is 315 g/mol. The zero-order valence-electron chi connectivity index (χ0n) is 10.4. The number of halogens is 2. The summed E-state index contributed by atoms with van der Waals surface area (Å²) in [5.74, 6) is 0. The van der Waals surface area contributed by atoms with Gasteiger partial charge in [-0.3, -0.25) is 0 Å². The SMILES string of the molecule is CC(C(NC(=O)O)c1ccc(Cl)c(Cl)c1)n1cnnn1. The topological polar surface area (TPSA) is 92.9 Å². The summed E-state index contributed by atoms with van der Waals surface area (Å²) < 4.78 is 1.46. The van der Waals surface area contributed by atoms with Crippen LogP contribution in [0.2, 0.25) is 10.0 Å². The van der Waals surface area contributed by atoms with E-state index in [0.717, 1.165) is 0 Å². The quantitative estimate of drug-likeness (QED) is 0.904. The van der Waals surface area contributed by atoms with Crippen LogP contribution in [0, 0.1) is 0 Å². The van der Waals surface area contributed by atoms with Crippen LogP contribution in [0.5, 0.6) is 0 Å². The largest absolute Gasteiger partial charge is 0.465 e. The Balaban J connectivity index is 2.36. The second kappa shape index (κ2) is 6.06. The molecule has 7 nitrogen and oxygen atoms in total. The minimum atomic E-state index is -1.15. The van der Waals surface area contributed by atoms with Crippen LogP contribution in [0.1, 0.15) is 24.6 Å². The first-order chi connectivity index (χ1) is 9.49. The molecule has 0 aliphatic rings. The highest BCUT2D eigenvalue weighted by molar-refractivity contribution is 6.42. The van der Waals surface area contributed by atoms with E-state index in [0.29, 0.717) is 15.6 Å². The molecule has 9 heteroatoms. The summed E-state index contributed by atoms with van der Waals surface area (Å²) in [6.45, 7) is 1.79. The van der Waals surface area contributed by atoms with Crippen molar-refractivity contribution in [3.05, 3.63) is 40.1 Å². The Labute approximate surface area is 124 Å². The van der Waals surface area contributed by atoms with Gasteiger partial charge in [0.2, 0.25) is 0 Å². The van der Waals surface area contributed by atoms with Crippen molar-refractivity contribution < 1.29 is 9.90 Å². The molecule has 1 amide bonds. The number of benzene rings is 1. The summed E-state index contributed by atoms with van der Waals surface area (Å²) >= 11 is 11.8. The zero-order chi connectivity index (χ0) is 14.7. The number of rotatable bonds is 4. The van der Waals surface area contributed by atoms with Gasteiger partial charge in [-0.2, -0.15) is 0 Å². The molecule has 106 valence electrons. The van der Waals surface area contributed by atoms with Crippen LogP contribution in [-0.2, 0) is 0 Å². The molecular formula is C11H11Cl2N5O2. The maximum absolute atomic E-state index is 11.0. The molecule has 2 aromatic rings. The van der Waals surface area contributed by atoms with Gasteiger partial charge in [0, 0.05) is 0 Å². The molecule has 0 radical (unpaired) electrons. The molecule has 2 atom stereocenters. The summed E-state index contributed by atoms with van der Waals surface area (Å²) in [6.07, 6.45) is 0.264. The first-order valence-corrected chi connectivity index (χ1v) is 6.41. The van der Waals surface area contributed by atoms with Crippen molar-refractivity contribution in [2.75, 3.05) is 0 Å². The van der Waals surface area contributed by atoms with E-state index >= 15 is 0 Å². The lowest BCUT2D eigenvalue weighted by atomic mass is 10.0. The molecule has 1 aromatic heterocycles. The predicted octanol–water partition coefficient (Wildman–Crippen LogP) is 2.55. The Morgan fingerprint density at radius 3 is 2.70 bits per heavy atom. The third-order valence-electron chi connectivity index (χ3n) is 2.85. The highest BCUT2D eigenvalue weighted by Crippen LogP contribution is 2.30. The average molecular weight is 316 g/mol. The summed E-state index contributed by atoms with van der Waals surface area (Å²) in [6, 6.07) is 4.03. The van der Waals surface area contributed by atoms with Crippen molar-refractivity contribution in [2.45, 2.75) is 19.0 Å². The van der Waals surface area contributed by atoms with Gasteiger partial charge in [-0.05, 0) is 35.0 Å². The van der Waals surface area contributed by atoms with Crippen molar-refractivity contribution in [3.63, 3.8) is 0 Å². The van der Waals surface area contributed by atoms with Crippen LogP contribution in [-0.4, -0.2) is 31.4 Å². The second-order valence-corrected chi connectivity index (χ2v) is 4.95. The fourth-order valence-corrected chi connectivity index (χ4v) is 2.14. The van der Waals surface area contributed by atoms with Crippen LogP contribution in [0.15, 0.2) is 24.5 Å². The number of amides is 1. The minimum Gasteiger partial charge on any atom is -0.465 e. The molecule has 0 aliphatic heterocycles. The molecule has 0 saturated carbocycles. The van der Waals surface area contributed by atoms with Gasteiger partial charge in [-0.15, -0.1) is 5.10 Å². The number of nitrogens with one attached hydrogen (secondary N) is 1. The standard InChI is InChI=1S/C11H11Cl2N5O2/c1-6(18-5-14-16-17-18)10(15-11(19)20)7-2-3-8(12)9(13)4-7/h2-6,10,15H,1H3,(H,19,20). The van der Waals surface area contributed by atoms with Gasteiger partial charge < -0.3 is 10.4 Å². The van der Waals surface area contributed by atoms with Gasteiger partial charge >= 0.3 is 6.09 Å². The highest BCUT2D eigenvalue weighted by Gasteiger charge is 2.24. The number of carboxylic acid groups (broad SMARTS) is 1. The van der Waals surface area contributed by atoms with Crippen LogP contribution in [0.25, 0.3) is 0 Å². The first kappa shape index (κ1) is 14.5. The molecule has 0 spiro atoms. The van der Waals surface area contributed by atoms with Crippen LogP contribution >= 0.6 is 23.2 Å². The van der Waals surface area contributed by atoms with E-state index in [1.807, 2.05) is 0 Å². The van der Waals surface area contributed by atoms with Crippen LogP contribution in [0.4, 0.5) is 4.79 Å². The minimum absolute atomic E-state index is 0.335. The first-order valence-electron chi connectivity index (χ1n) is 5.66. The van der Waals surface area contributed by atoms with E-state index in [1.165, 1.54) is 11.0 Å². The van der Waals surface area contributed by atoms with Crippen molar-refractivity contribution in [1.82, 2.24) is 25.5 Å². The molecule has 1 aromatic carbocycles. The number of tetrazole rings is 1. The van der Waals surface area contributed by atoms with Gasteiger partial charge in [0.05, 0.1) is 22.1 Å². The molecule has 20 heavy (non-hydrogen) atoms. The Hall–Kier alpha value is -1.86. The van der Waals surface area contributed by atoms with Crippen molar-refractivity contribution in [1.29, 1.82) is 0 Å². The van der Waals surface area contributed by atoms with E-state index in [-0.39, 0.29) is 6.04 Å². The van der Waals surface area contributed by atoms with Crippen LogP contribution in [0.3, 0.4) is 0 Å². The van der Waals surface area contributed by atoms with E-state index in [9.17, 15) is 4.79 Å². The van der Waals surface area contributed by atoms with Crippen molar-refractivity contribution in [3.8, 4) is 0 Å². The maximum Gasteiger partial charge on any atom is 0.405 e. The molecule has 0 saturated heterocycles. The molecule has 0 fully saturated rings. The third-order valence-corrected chi connectivity index (χ3v) is 3.59. The molecule has 1 heterocycles. The number of hydrogen-bond donors (Lipinski definition) is 2. The van der Waals surface area contributed by atoms with Crippen molar-refractivity contribution >= 4 is 29.3 Å². The molecule has 2 N–H and O–H groups in total. The molecular weight excluding hydrogens is 305 g/mol. The zero-order valence-corrected chi connectivity index (χ0v) is 11.9. The second-order valence-electron chi connectivity index (χ2n) is 4.13. The molecule has 2 unspecified atom stereocenters. The summed E-state index contributed by atoms with van der Waals surface area (Å²) in [5, 5.41) is 23.0. The van der Waals surface area contributed by atoms with Gasteiger partial charge in [0.25, 0.3) is 0 Å². The maximum atomic E-state index is 11.0. The fourth-order valence-electron chi connectivity index (χ4n) is 1.83. The van der Waals surface area contributed by atoms with Crippen molar-refractivity contribution in [2.24, 2.45) is 0 Å². The number of aromatic nitrogens is 4. The fraction of sp³-hybridized carbons (Fsp3) is 0.273. The highest BCUT2D eigenvalue weighted by atomic mass is 35.5. The lowest BCUT2D eigenvalue weighted by molar-refractivity contribution is 0.184. The Morgan fingerprint density at radius 2 is 2.15 bits per heavy atom. The van der Waals surface area contributed by atoms with Gasteiger partial charge in [0.15, 0.2) is 0 Å². The number of nitrogens with zero attached hydrogens (tertiary/aromatic N) is 4. The third kappa shape index (κ3) is 3.17. The van der Waals surface area contributed by atoms with Gasteiger partial charge in [-0.25, -0.2) is 9.48 Å². The van der Waals surface area contributed by atoms with Crippen LogP contribution < -0.4 is 5.32 Å². The van der Waals surface area contributed by atoms with Gasteiger partial charge in [-0.1, -0.05) is 29.3 Å². The summed E-state index contributed by atoms with van der Waals surface area (Å²) in [4.78, 5) is 11.0. The lowest BCUT2D eigenvalue weighted by Crippen LogP contribution is -2.33. The van der Waals surface area contributed by atoms with E-state index in [1.54, 1.807) is 25.1 Å². The summed E-state index contributed by atoms with van der Waals surface area (Å²) in [5.41, 5.74) is 0.671. The lowest BCUT2D eigenvalue weighted by Gasteiger charge is -2.24. The Bertz CT molecular complexity index is 605. The Morgan fingerprint density at radius 1 is 1.40 bits per heavy atom. The van der Waals surface area contributed by atoms with E-state index in [2.05, 4.69) is 20.8 Å². The average Bonchev–Trinajstić information content (AvgIpc) is 2.92. The summed E-state index contributed by atoms with van der Waals surface area (Å²) in [7, 11) is 0. The Kier molecular flexibility index (Phi) is 4.41. The van der Waals surface area contributed by atoms with E-state index in [4.69, 9.17) is 28.3 Å². The normalized spacial score (nSPS) is 13.8. The smallest absolute Gasteiger partial charge is 0.405 e. The molecule has 2 rings (SSSR count). The van der Waals surface area contributed by atoms with E-state index < -0.39 is 12.1 Å². The number of carbonyl (C=O) groups is 1. The molecule has 0 bridgehead atoms. The number of hydrogen-bond acceptors (Lipinski definition) is 4. The predicted molar refractivity (Wildman–Crippen MR) is 72.9 cm³/mol. The van der Waals surface area contributed by atoms with Gasteiger partial charge in [0.1, 0.15) is 6.33 Å².